The molecule has 1 heterocycles. The molecule has 0 saturated heterocycles. The molecule has 0 amide bonds. The van der Waals surface area contributed by atoms with E-state index in [-0.39, 0.29) is 6.04 Å². The second kappa shape index (κ2) is 5.96. The Kier molecular flexibility index (Phi) is 3.80. The second-order valence-electron chi connectivity index (χ2n) is 5.68. The monoisotopic (exact) mass is 417 g/mol. The summed E-state index contributed by atoms with van der Waals surface area (Å²) in [5, 5.41) is 4.68. The van der Waals surface area contributed by atoms with Crippen molar-refractivity contribution in [1.82, 2.24) is 9.97 Å². The summed E-state index contributed by atoms with van der Waals surface area (Å²) in [6, 6.07) is 12.8. The Labute approximate surface area is 148 Å². The van der Waals surface area contributed by atoms with E-state index >= 15 is 0 Å². The van der Waals surface area contributed by atoms with Gasteiger partial charge in [0.05, 0.1) is 18.7 Å². The van der Waals surface area contributed by atoms with Crippen LogP contribution in [0.1, 0.15) is 23.6 Å². The summed E-state index contributed by atoms with van der Waals surface area (Å²) in [7, 11) is 1.71. The van der Waals surface area contributed by atoms with E-state index < -0.39 is 0 Å². The molecule has 2 aromatic carbocycles. The predicted molar refractivity (Wildman–Crippen MR) is 99.9 cm³/mol. The summed E-state index contributed by atoms with van der Waals surface area (Å²) in [6.07, 6.45) is 3.75. The number of aromatic nitrogens is 2. The van der Waals surface area contributed by atoms with Gasteiger partial charge in [0.25, 0.3) is 0 Å². The lowest BCUT2D eigenvalue weighted by molar-refractivity contribution is 0.414. The van der Waals surface area contributed by atoms with Gasteiger partial charge in [-0.1, -0.05) is 6.07 Å². The molecular formula is C18H16IN3O. The van der Waals surface area contributed by atoms with Crippen molar-refractivity contribution in [3.63, 3.8) is 0 Å². The summed E-state index contributed by atoms with van der Waals surface area (Å²) in [6.45, 7) is 0. The maximum atomic E-state index is 5.32. The van der Waals surface area contributed by atoms with Crippen LogP contribution in [0.3, 0.4) is 0 Å². The average Bonchev–Trinajstić information content (AvgIpc) is 2.97. The van der Waals surface area contributed by atoms with Crippen LogP contribution in [-0.4, -0.2) is 17.1 Å². The van der Waals surface area contributed by atoms with Crippen LogP contribution in [0, 0.1) is 3.57 Å². The molecule has 1 unspecified atom stereocenters. The minimum atomic E-state index is 0.284. The number of rotatable bonds is 3. The number of ether oxygens (including phenoxy) is 1. The Bertz CT molecular complexity index is 881. The number of benzene rings is 2. The number of halogens is 1. The van der Waals surface area contributed by atoms with Crippen molar-refractivity contribution < 1.29 is 4.74 Å². The van der Waals surface area contributed by atoms with Crippen LogP contribution in [0.5, 0.6) is 5.75 Å². The van der Waals surface area contributed by atoms with Gasteiger partial charge in [-0.3, -0.25) is 0 Å². The Morgan fingerprint density at radius 3 is 2.96 bits per heavy atom. The number of fused-ring (bicyclic) bond motifs is 2. The summed E-state index contributed by atoms with van der Waals surface area (Å²) < 4.78 is 6.51. The largest absolute Gasteiger partial charge is 0.497 e. The van der Waals surface area contributed by atoms with Crippen LogP contribution in [-0.2, 0) is 6.42 Å². The summed E-state index contributed by atoms with van der Waals surface area (Å²) in [5.74, 6) is 1.83. The molecule has 1 atom stereocenters. The Morgan fingerprint density at radius 2 is 2.09 bits per heavy atom. The van der Waals surface area contributed by atoms with E-state index in [9.17, 15) is 0 Å². The number of nitrogens with zero attached hydrogens (tertiary/aromatic N) is 2. The molecule has 23 heavy (non-hydrogen) atoms. The average molecular weight is 417 g/mol. The lowest BCUT2D eigenvalue weighted by Gasteiger charge is -2.16. The number of nitrogens with one attached hydrogen (secondary N) is 1. The highest BCUT2D eigenvalue weighted by Gasteiger charge is 2.23. The van der Waals surface area contributed by atoms with Crippen LogP contribution < -0.4 is 10.1 Å². The molecule has 0 saturated carbocycles. The van der Waals surface area contributed by atoms with Gasteiger partial charge in [0.2, 0.25) is 0 Å². The molecule has 1 N–H and O–H groups in total. The SMILES string of the molecule is COc1ccc2c(c1)CCC2Nc1ncnc2ccc(I)cc12. The highest BCUT2D eigenvalue weighted by atomic mass is 127. The molecule has 1 aliphatic rings. The van der Waals surface area contributed by atoms with Crippen molar-refractivity contribution in [2.24, 2.45) is 0 Å². The maximum absolute atomic E-state index is 5.32. The molecule has 0 radical (unpaired) electrons. The van der Waals surface area contributed by atoms with Crippen molar-refractivity contribution in [3.8, 4) is 5.75 Å². The van der Waals surface area contributed by atoms with Gasteiger partial charge in [-0.2, -0.15) is 0 Å². The van der Waals surface area contributed by atoms with Gasteiger partial charge < -0.3 is 10.1 Å². The van der Waals surface area contributed by atoms with E-state index in [1.807, 2.05) is 12.1 Å². The van der Waals surface area contributed by atoms with Crippen molar-refractivity contribution >= 4 is 39.3 Å². The van der Waals surface area contributed by atoms with Crippen molar-refractivity contribution in [2.75, 3.05) is 12.4 Å². The molecular weight excluding hydrogens is 401 g/mol. The summed E-state index contributed by atoms with van der Waals surface area (Å²) >= 11 is 2.32. The van der Waals surface area contributed by atoms with Crippen LogP contribution in [0.4, 0.5) is 5.82 Å². The van der Waals surface area contributed by atoms with Gasteiger partial charge >= 0.3 is 0 Å². The zero-order valence-corrected chi connectivity index (χ0v) is 14.9. The maximum Gasteiger partial charge on any atom is 0.137 e. The molecule has 0 aliphatic heterocycles. The molecule has 0 bridgehead atoms. The van der Waals surface area contributed by atoms with Gasteiger partial charge in [0.1, 0.15) is 17.9 Å². The zero-order valence-electron chi connectivity index (χ0n) is 12.7. The van der Waals surface area contributed by atoms with E-state index in [1.165, 1.54) is 14.7 Å². The van der Waals surface area contributed by atoms with Crippen LogP contribution in [0.25, 0.3) is 10.9 Å². The molecule has 1 aliphatic carbocycles. The quantitative estimate of drug-likeness (QED) is 0.645. The number of hydrogen-bond donors (Lipinski definition) is 1. The van der Waals surface area contributed by atoms with Gasteiger partial charge in [-0.25, -0.2) is 9.97 Å². The molecule has 1 aromatic heterocycles. The number of aryl methyl sites for hydroxylation is 1. The third-order valence-corrected chi connectivity index (χ3v) is 5.01. The third kappa shape index (κ3) is 2.73. The number of hydrogen-bond acceptors (Lipinski definition) is 4. The topological polar surface area (TPSA) is 47.0 Å². The summed E-state index contributed by atoms with van der Waals surface area (Å²) in [5.41, 5.74) is 3.66. The predicted octanol–water partition coefficient (Wildman–Crippen LogP) is 4.34. The fourth-order valence-electron chi connectivity index (χ4n) is 3.18. The zero-order chi connectivity index (χ0) is 15.8. The fraction of sp³-hybridized carbons (Fsp3) is 0.222. The second-order valence-corrected chi connectivity index (χ2v) is 6.93. The van der Waals surface area contributed by atoms with Crippen molar-refractivity contribution in [1.29, 1.82) is 0 Å². The van der Waals surface area contributed by atoms with E-state index in [0.717, 1.165) is 35.3 Å². The molecule has 0 fully saturated rings. The first-order chi connectivity index (χ1) is 11.2. The number of anilines is 1. The lowest BCUT2D eigenvalue weighted by atomic mass is 10.1. The highest BCUT2D eigenvalue weighted by molar-refractivity contribution is 14.1. The van der Waals surface area contributed by atoms with Gasteiger partial charge in [-0.05, 0) is 76.9 Å². The molecule has 116 valence electrons. The standard InChI is InChI=1S/C18H16IN3O/c1-23-13-4-5-14-11(8-13)2-6-17(14)22-18-15-9-12(19)3-7-16(15)20-10-21-18/h3-5,7-10,17H,2,6H2,1H3,(H,20,21,22). The lowest BCUT2D eigenvalue weighted by Crippen LogP contribution is -2.09. The van der Waals surface area contributed by atoms with E-state index in [1.54, 1.807) is 13.4 Å². The molecule has 3 aromatic rings. The highest BCUT2D eigenvalue weighted by Crippen LogP contribution is 2.36. The van der Waals surface area contributed by atoms with Crippen molar-refractivity contribution in [2.45, 2.75) is 18.9 Å². The van der Waals surface area contributed by atoms with E-state index in [2.05, 4.69) is 62.1 Å². The minimum absolute atomic E-state index is 0.284. The molecule has 4 rings (SSSR count). The van der Waals surface area contributed by atoms with E-state index in [0.29, 0.717) is 0 Å². The van der Waals surface area contributed by atoms with Gasteiger partial charge in [0, 0.05) is 8.96 Å². The first kappa shape index (κ1) is 14.7. The first-order valence-corrected chi connectivity index (χ1v) is 8.66. The Hall–Kier alpha value is -1.89. The van der Waals surface area contributed by atoms with Gasteiger partial charge in [0.15, 0.2) is 0 Å². The summed E-state index contributed by atoms with van der Waals surface area (Å²) in [4.78, 5) is 8.82. The van der Waals surface area contributed by atoms with Crippen LogP contribution in [0.15, 0.2) is 42.7 Å². The third-order valence-electron chi connectivity index (χ3n) is 4.34. The minimum Gasteiger partial charge on any atom is -0.497 e. The van der Waals surface area contributed by atoms with Crippen molar-refractivity contribution in [3.05, 3.63) is 57.4 Å². The van der Waals surface area contributed by atoms with Crippen LogP contribution in [0.2, 0.25) is 0 Å². The smallest absolute Gasteiger partial charge is 0.137 e. The normalized spacial score (nSPS) is 16.3. The molecule has 4 nitrogen and oxygen atoms in total. The first-order valence-electron chi connectivity index (χ1n) is 7.58. The van der Waals surface area contributed by atoms with Gasteiger partial charge in [-0.15, -0.1) is 0 Å². The number of methoxy groups -OCH3 is 1. The Balaban J connectivity index is 1.69. The molecule has 0 spiro atoms. The molecule has 5 heteroatoms. The fourth-order valence-corrected chi connectivity index (χ4v) is 3.67. The Morgan fingerprint density at radius 1 is 1.17 bits per heavy atom. The van der Waals surface area contributed by atoms with Crippen LogP contribution >= 0.6 is 22.6 Å². The van der Waals surface area contributed by atoms with E-state index in [4.69, 9.17) is 4.74 Å².